The lowest BCUT2D eigenvalue weighted by Gasteiger charge is -2.29. The van der Waals surface area contributed by atoms with Gasteiger partial charge in [-0.2, -0.15) is 17.9 Å². The zero-order valence-electron chi connectivity index (χ0n) is 21.8. The summed E-state index contributed by atoms with van der Waals surface area (Å²) in [5, 5.41) is 14.6. The van der Waals surface area contributed by atoms with Gasteiger partial charge in [0.15, 0.2) is 0 Å². The first kappa shape index (κ1) is 25.3. The molecule has 5 heterocycles. The van der Waals surface area contributed by atoms with Crippen LogP contribution in [0.3, 0.4) is 0 Å². The van der Waals surface area contributed by atoms with Crippen LogP contribution in [0.5, 0.6) is 0 Å². The van der Waals surface area contributed by atoms with E-state index in [0.717, 1.165) is 40.1 Å². The van der Waals surface area contributed by atoms with E-state index in [1.807, 2.05) is 22.8 Å². The number of alkyl halides is 3. The Kier molecular flexibility index (Phi) is 5.43. The predicted molar refractivity (Wildman–Crippen MR) is 149 cm³/mol. The molecule has 4 atom stereocenters. The molecule has 0 radical (unpaired) electrons. The van der Waals surface area contributed by atoms with Crippen molar-refractivity contribution in [2.24, 2.45) is 5.92 Å². The highest BCUT2D eigenvalue weighted by Crippen LogP contribution is 2.60. The number of aryl methyl sites for hydroxylation is 1. The first-order chi connectivity index (χ1) is 20.2. The van der Waals surface area contributed by atoms with Crippen LogP contribution in [-0.2, 0) is 6.42 Å². The lowest BCUT2D eigenvalue weighted by Crippen LogP contribution is -2.39. The highest BCUT2D eigenvalue weighted by Gasteiger charge is 2.54. The molecule has 0 bridgehead atoms. The van der Waals surface area contributed by atoms with Crippen LogP contribution in [-0.4, -0.2) is 47.0 Å². The SMILES string of the molecule is O=c1cc(-c2cc(Cl)ccc2-n2cnnn2)cc2n1C(c1ncc(-c3ccc4c(c3)CCC(C(F)(F)F)N4)[nH]1)C1CC21. The molecular weight excluding hydrogens is 569 g/mol. The number of tetrazole rings is 1. The quantitative estimate of drug-likeness (QED) is 0.285. The number of halogens is 4. The Hall–Kier alpha value is -4.45. The third kappa shape index (κ3) is 4.04. The summed E-state index contributed by atoms with van der Waals surface area (Å²) in [6.45, 7) is 0. The number of nitrogens with one attached hydrogen (secondary N) is 2. The number of pyridine rings is 1. The summed E-state index contributed by atoms with van der Waals surface area (Å²) in [6.07, 6.45) is 0.215. The topological polar surface area (TPSA) is 106 Å². The van der Waals surface area contributed by atoms with Gasteiger partial charge in [-0.25, -0.2) is 4.98 Å². The van der Waals surface area contributed by atoms with E-state index in [1.54, 1.807) is 36.5 Å². The van der Waals surface area contributed by atoms with E-state index in [1.165, 1.54) is 11.0 Å². The molecule has 4 unspecified atom stereocenters. The third-order valence-electron chi connectivity index (χ3n) is 8.59. The van der Waals surface area contributed by atoms with Crippen molar-refractivity contribution in [3.05, 3.63) is 93.5 Å². The molecule has 1 saturated carbocycles. The minimum absolute atomic E-state index is 0.00653. The number of hydrogen-bond donors (Lipinski definition) is 2. The number of benzene rings is 2. The van der Waals surface area contributed by atoms with E-state index >= 15 is 0 Å². The van der Waals surface area contributed by atoms with E-state index in [2.05, 4.69) is 30.8 Å². The Morgan fingerprint density at radius 2 is 1.93 bits per heavy atom. The Morgan fingerprint density at radius 1 is 1.05 bits per heavy atom. The normalized spacial score (nSPS) is 22.3. The standard InChI is InChI=1S/C29H22ClF3N8O/c30-17-3-5-23(40-13-35-38-39-40)18(10-17)16-8-24-19-11-20(19)27(41(24)26(42)9-16)28-34-12-22(37-28)15-1-4-21-14(7-15)2-6-25(36-21)29(31,32)33/h1,3-5,7-10,12-13,19-20,25,27,36H,2,6,11H2,(H,34,37). The Balaban J connectivity index is 1.12. The number of imidazole rings is 1. The van der Waals surface area contributed by atoms with Gasteiger partial charge < -0.3 is 14.9 Å². The number of aromatic amines is 1. The Bertz CT molecular complexity index is 1910. The largest absolute Gasteiger partial charge is 0.408 e. The van der Waals surface area contributed by atoms with Crippen molar-refractivity contribution in [2.75, 3.05) is 5.32 Å². The van der Waals surface area contributed by atoms with Crippen molar-refractivity contribution < 1.29 is 13.2 Å². The first-order valence-electron chi connectivity index (χ1n) is 13.6. The van der Waals surface area contributed by atoms with Gasteiger partial charge in [0.25, 0.3) is 5.56 Å². The van der Waals surface area contributed by atoms with Crippen molar-refractivity contribution in [1.29, 1.82) is 0 Å². The van der Waals surface area contributed by atoms with Crippen molar-refractivity contribution in [2.45, 2.75) is 43.4 Å². The van der Waals surface area contributed by atoms with Crippen LogP contribution in [0.25, 0.3) is 28.1 Å². The van der Waals surface area contributed by atoms with E-state index in [0.29, 0.717) is 28.6 Å². The highest BCUT2D eigenvalue weighted by molar-refractivity contribution is 6.31. The number of H-pyrrole nitrogens is 1. The van der Waals surface area contributed by atoms with Crippen LogP contribution in [0.2, 0.25) is 5.02 Å². The minimum atomic E-state index is -4.28. The molecule has 0 spiro atoms. The number of aromatic nitrogens is 7. The third-order valence-corrected chi connectivity index (χ3v) is 8.82. The second kappa shape index (κ2) is 9.02. The lowest BCUT2D eigenvalue weighted by atomic mass is 9.95. The van der Waals surface area contributed by atoms with Gasteiger partial charge >= 0.3 is 6.18 Å². The molecule has 1 aliphatic carbocycles. The average molecular weight is 591 g/mol. The summed E-state index contributed by atoms with van der Waals surface area (Å²) in [4.78, 5) is 21.7. The molecule has 42 heavy (non-hydrogen) atoms. The second-order valence-electron chi connectivity index (χ2n) is 11.1. The molecule has 9 nitrogen and oxygen atoms in total. The molecule has 2 aliphatic heterocycles. The zero-order chi connectivity index (χ0) is 28.7. The van der Waals surface area contributed by atoms with Crippen LogP contribution in [0, 0.1) is 5.92 Å². The van der Waals surface area contributed by atoms with E-state index in [-0.39, 0.29) is 29.9 Å². The molecule has 13 heteroatoms. The number of hydrogen-bond acceptors (Lipinski definition) is 6. The van der Waals surface area contributed by atoms with Crippen molar-refractivity contribution in [3.8, 4) is 28.1 Å². The number of nitrogens with zero attached hydrogens (tertiary/aromatic N) is 6. The summed E-state index contributed by atoms with van der Waals surface area (Å²) in [6, 6.07) is 12.6. The fourth-order valence-corrected chi connectivity index (χ4v) is 6.69. The molecule has 1 fully saturated rings. The van der Waals surface area contributed by atoms with Gasteiger partial charge in [0, 0.05) is 34.0 Å². The van der Waals surface area contributed by atoms with Gasteiger partial charge in [-0.3, -0.25) is 4.79 Å². The molecule has 3 aliphatic rings. The maximum atomic E-state index is 13.6. The van der Waals surface area contributed by atoms with Crippen LogP contribution < -0.4 is 10.9 Å². The lowest BCUT2D eigenvalue weighted by molar-refractivity contribution is -0.144. The van der Waals surface area contributed by atoms with Gasteiger partial charge in [0.05, 0.1) is 23.6 Å². The van der Waals surface area contributed by atoms with Gasteiger partial charge in [0.2, 0.25) is 0 Å². The zero-order valence-corrected chi connectivity index (χ0v) is 22.6. The van der Waals surface area contributed by atoms with Crippen LogP contribution in [0.4, 0.5) is 18.9 Å². The van der Waals surface area contributed by atoms with Crippen LogP contribution >= 0.6 is 11.6 Å². The summed E-state index contributed by atoms with van der Waals surface area (Å²) >= 11 is 6.34. The number of fused-ring (bicyclic) bond motifs is 4. The van der Waals surface area contributed by atoms with Gasteiger partial charge in [-0.1, -0.05) is 17.7 Å². The minimum Gasteiger partial charge on any atom is -0.374 e. The van der Waals surface area contributed by atoms with Crippen molar-refractivity contribution in [3.63, 3.8) is 0 Å². The molecular formula is C29H22ClF3N8O. The summed E-state index contributed by atoms with van der Waals surface area (Å²) in [5.74, 6) is 1.18. The summed E-state index contributed by atoms with van der Waals surface area (Å²) in [5.41, 5.74) is 5.94. The molecule has 212 valence electrons. The van der Waals surface area contributed by atoms with E-state index in [4.69, 9.17) is 11.6 Å². The fraction of sp³-hybridized carbons (Fsp3) is 0.276. The Labute approximate surface area is 241 Å². The van der Waals surface area contributed by atoms with Gasteiger partial charge in [-0.05, 0) is 88.7 Å². The number of rotatable bonds is 4. The summed E-state index contributed by atoms with van der Waals surface area (Å²) in [7, 11) is 0. The highest BCUT2D eigenvalue weighted by atomic mass is 35.5. The summed E-state index contributed by atoms with van der Waals surface area (Å²) < 4.78 is 42.9. The second-order valence-corrected chi connectivity index (χ2v) is 11.5. The van der Waals surface area contributed by atoms with Crippen LogP contribution in [0.1, 0.15) is 41.9 Å². The number of anilines is 1. The maximum Gasteiger partial charge on any atom is 0.408 e. The molecule has 5 aromatic rings. The van der Waals surface area contributed by atoms with Crippen LogP contribution in [0.15, 0.2) is 65.8 Å². The molecule has 2 N–H and O–H groups in total. The molecule has 8 rings (SSSR count). The Morgan fingerprint density at radius 3 is 2.74 bits per heavy atom. The molecule has 3 aromatic heterocycles. The van der Waals surface area contributed by atoms with Gasteiger partial charge in [-0.15, -0.1) is 5.10 Å². The average Bonchev–Trinajstić information content (AvgIpc) is 3.32. The van der Waals surface area contributed by atoms with E-state index in [9.17, 15) is 18.0 Å². The predicted octanol–water partition coefficient (Wildman–Crippen LogP) is 5.53. The van der Waals surface area contributed by atoms with E-state index < -0.39 is 12.2 Å². The fourth-order valence-electron chi connectivity index (χ4n) is 6.52. The maximum absolute atomic E-state index is 13.6. The monoisotopic (exact) mass is 590 g/mol. The molecule has 0 saturated heterocycles. The van der Waals surface area contributed by atoms with Crippen molar-refractivity contribution in [1.82, 2.24) is 34.7 Å². The van der Waals surface area contributed by atoms with Gasteiger partial charge in [0.1, 0.15) is 18.2 Å². The molecule has 2 aromatic carbocycles. The smallest absolute Gasteiger partial charge is 0.374 e. The molecule has 0 amide bonds. The first-order valence-corrected chi connectivity index (χ1v) is 13.9. The van der Waals surface area contributed by atoms with Crippen molar-refractivity contribution >= 4 is 17.3 Å².